The van der Waals surface area contributed by atoms with E-state index in [2.05, 4.69) is 4.98 Å². The van der Waals surface area contributed by atoms with Gasteiger partial charge in [0.1, 0.15) is 0 Å². The second kappa shape index (κ2) is 4.58. The predicted molar refractivity (Wildman–Crippen MR) is 56.9 cm³/mol. The van der Waals surface area contributed by atoms with E-state index in [4.69, 9.17) is 5.11 Å². The van der Waals surface area contributed by atoms with Crippen LogP contribution in [0.3, 0.4) is 0 Å². The van der Waals surface area contributed by atoms with E-state index in [9.17, 15) is 13.2 Å². The van der Waals surface area contributed by atoms with Gasteiger partial charge < -0.3 is 10.0 Å². The van der Waals surface area contributed by atoms with Gasteiger partial charge in [0.2, 0.25) is 0 Å². The largest absolute Gasteiger partial charge is 0.414 e. The number of aryl methyl sites for hydroxylation is 1. The predicted octanol–water partition coefficient (Wildman–Crippen LogP) is 1.98. The van der Waals surface area contributed by atoms with Crippen LogP contribution in [-0.2, 0) is 6.42 Å². The average molecular weight is 254 g/mol. The number of nitrogens with zero attached hydrogens (tertiary/aromatic N) is 2. The SMILES string of the molecule is Cc1nc(N(C)C)sc1CC(O)C(F)(F)F. The van der Waals surface area contributed by atoms with Gasteiger partial charge in [-0.15, -0.1) is 11.3 Å². The molecule has 0 aliphatic heterocycles. The highest BCUT2D eigenvalue weighted by Crippen LogP contribution is 2.29. The number of hydrogen-bond acceptors (Lipinski definition) is 4. The van der Waals surface area contributed by atoms with Crippen LogP contribution >= 0.6 is 11.3 Å². The molecule has 0 amide bonds. The molecule has 1 aromatic heterocycles. The van der Waals surface area contributed by atoms with Gasteiger partial charge in [-0.05, 0) is 6.92 Å². The molecule has 1 aromatic rings. The molecule has 92 valence electrons. The smallest absolute Gasteiger partial charge is 0.383 e. The minimum atomic E-state index is -4.57. The molecule has 0 fully saturated rings. The van der Waals surface area contributed by atoms with Crippen LogP contribution in [0.25, 0.3) is 0 Å². The Bertz CT molecular complexity index is 362. The van der Waals surface area contributed by atoms with E-state index in [-0.39, 0.29) is 0 Å². The van der Waals surface area contributed by atoms with Gasteiger partial charge in [-0.2, -0.15) is 13.2 Å². The van der Waals surface area contributed by atoms with E-state index < -0.39 is 18.7 Å². The molecule has 0 aliphatic carbocycles. The summed E-state index contributed by atoms with van der Waals surface area (Å²) in [6.45, 7) is 1.64. The summed E-state index contributed by atoms with van der Waals surface area (Å²) in [6.07, 6.45) is -7.32. The molecule has 0 radical (unpaired) electrons. The van der Waals surface area contributed by atoms with Crippen LogP contribution < -0.4 is 4.90 Å². The fraction of sp³-hybridized carbons (Fsp3) is 0.667. The minimum Gasteiger partial charge on any atom is -0.383 e. The number of aliphatic hydroxyl groups is 1. The molecule has 7 heteroatoms. The number of rotatable bonds is 3. The van der Waals surface area contributed by atoms with Gasteiger partial charge in [-0.25, -0.2) is 4.98 Å². The number of aromatic nitrogens is 1. The quantitative estimate of drug-likeness (QED) is 0.896. The third-order valence-corrected chi connectivity index (χ3v) is 3.37. The first kappa shape index (κ1) is 13.2. The molecule has 0 saturated heterocycles. The summed E-state index contributed by atoms with van der Waals surface area (Å²) in [5, 5.41) is 9.59. The normalized spacial score (nSPS) is 13.9. The van der Waals surface area contributed by atoms with Gasteiger partial charge in [0.05, 0.1) is 5.69 Å². The maximum absolute atomic E-state index is 12.2. The van der Waals surface area contributed by atoms with Gasteiger partial charge in [0.25, 0.3) is 0 Å². The molecule has 0 bridgehead atoms. The lowest BCUT2D eigenvalue weighted by Crippen LogP contribution is -2.30. The summed E-state index contributed by atoms with van der Waals surface area (Å²) in [5.74, 6) is 0. The Morgan fingerprint density at radius 2 is 2.00 bits per heavy atom. The lowest BCUT2D eigenvalue weighted by molar-refractivity contribution is -0.202. The molecule has 1 rings (SSSR count). The Hall–Kier alpha value is -0.820. The standard InChI is InChI=1S/C9H13F3N2OS/c1-5-6(4-7(15)9(10,11)12)16-8(13-5)14(2)3/h7,15H,4H2,1-3H3. The molecule has 0 saturated carbocycles. The summed E-state index contributed by atoms with van der Waals surface area (Å²) in [6, 6.07) is 0. The highest BCUT2D eigenvalue weighted by Gasteiger charge is 2.38. The zero-order valence-electron chi connectivity index (χ0n) is 9.17. The monoisotopic (exact) mass is 254 g/mol. The number of hydrogen-bond donors (Lipinski definition) is 1. The van der Waals surface area contributed by atoms with Crippen molar-refractivity contribution in [3.63, 3.8) is 0 Å². The van der Waals surface area contributed by atoms with Crippen molar-refractivity contribution in [3.05, 3.63) is 10.6 Å². The van der Waals surface area contributed by atoms with Crippen molar-refractivity contribution in [1.82, 2.24) is 4.98 Å². The van der Waals surface area contributed by atoms with Crippen LogP contribution in [0.2, 0.25) is 0 Å². The Kier molecular flexibility index (Phi) is 3.80. The van der Waals surface area contributed by atoms with Crippen molar-refractivity contribution in [2.75, 3.05) is 19.0 Å². The van der Waals surface area contributed by atoms with Crippen LogP contribution in [0.5, 0.6) is 0 Å². The molecule has 1 unspecified atom stereocenters. The van der Waals surface area contributed by atoms with E-state index >= 15 is 0 Å². The van der Waals surface area contributed by atoms with Crippen molar-refractivity contribution < 1.29 is 18.3 Å². The lowest BCUT2D eigenvalue weighted by Gasteiger charge is -2.13. The first-order valence-electron chi connectivity index (χ1n) is 4.60. The van der Waals surface area contributed by atoms with Gasteiger partial charge in [0.15, 0.2) is 11.2 Å². The first-order chi connectivity index (χ1) is 7.21. The minimum absolute atomic E-state index is 0.430. The Morgan fingerprint density at radius 1 is 1.44 bits per heavy atom. The van der Waals surface area contributed by atoms with E-state index in [0.717, 1.165) is 0 Å². The van der Waals surface area contributed by atoms with E-state index in [0.29, 0.717) is 15.7 Å². The number of aliphatic hydroxyl groups excluding tert-OH is 1. The van der Waals surface area contributed by atoms with Crippen LogP contribution in [0.1, 0.15) is 10.6 Å². The van der Waals surface area contributed by atoms with Crippen LogP contribution in [0.15, 0.2) is 0 Å². The molecular weight excluding hydrogens is 241 g/mol. The fourth-order valence-corrected chi connectivity index (χ4v) is 2.10. The summed E-state index contributed by atoms with van der Waals surface area (Å²) in [4.78, 5) is 6.30. The van der Waals surface area contributed by atoms with Crippen molar-refractivity contribution >= 4 is 16.5 Å². The molecule has 0 aliphatic rings. The zero-order valence-corrected chi connectivity index (χ0v) is 9.98. The topological polar surface area (TPSA) is 36.4 Å². The molecular formula is C9H13F3N2OS. The second-order valence-electron chi connectivity index (χ2n) is 3.66. The Labute approximate surface area is 95.5 Å². The van der Waals surface area contributed by atoms with Crippen LogP contribution in [-0.4, -0.2) is 36.5 Å². The molecule has 0 spiro atoms. The average Bonchev–Trinajstić information content (AvgIpc) is 2.46. The van der Waals surface area contributed by atoms with Gasteiger partial charge in [-0.3, -0.25) is 0 Å². The molecule has 0 aromatic carbocycles. The Morgan fingerprint density at radius 3 is 2.38 bits per heavy atom. The third-order valence-electron chi connectivity index (χ3n) is 2.02. The molecule has 3 nitrogen and oxygen atoms in total. The van der Waals surface area contributed by atoms with Crippen LogP contribution in [0.4, 0.5) is 18.3 Å². The highest BCUT2D eigenvalue weighted by molar-refractivity contribution is 7.15. The van der Waals surface area contributed by atoms with Crippen molar-refractivity contribution in [2.24, 2.45) is 0 Å². The van der Waals surface area contributed by atoms with E-state index in [1.165, 1.54) is 11.3 Å². The summed E-state index contributed by atoms with van der Waals surface area (Å²) in [7, 11) is 3.53. The van der Waals surface area contributed by atoms with E-state index in [1.807, 2.05) is 0 Å². The summed E-state index contributed by atoms with van der Waals surface area (Å²) in [5.41, 5.74) is 0.539. The Balaban J connectivity index is 2.82. The summed E-state index contributed by atoms with van der Waals surface area (Å²) >= 11 is 1.17. The molecule has 16 heavy (non-hydrogen) atoms. The van der Waals surface area contributed by atoms with Crippen molar-refractivity contribution in [2.45, 2.75) is 25.6 Å². The van der Waals surface area contributed by atoms with Crippen molar-refractivity contribution in [3.8, 4) is 0 Å². The number of anilines is 1. The number of thiazole rings is 1. The maximum atomic E-state index is 12.2. The lowest BCUT2D eigenvalue weighted by atomic mass is 10.2. The number of halogens is 3. The van der Waals surface area contributed by atoms with Crippen molar-refractivity contribution in [1.29, 1.82) is 0 Å². The van der Waals surface area contributed by atoms with Gasteiger partial charge >= 0.3 is 6.18 Å². The maximum Gasteiger partial charge on any atom is 0.414 e. The second-order valence-corrected chi connectivity index (χ2v) is 4.72. The fourth-order valence-electron chi connectivity index (χ4n) is 1.08. The zero-order chi connectivity index (χ0) is 12.5. The highest BCUT2D eigenvalue weighted by atomic mass is 32.1. The number of alkyl halides is 3. The first-order valence-corrected chi connectivity index (χ1v) is 5.42. The van der Waals surface area contributed by atoms with Crippen LogP contribution in [0, 0.1) is 6.92 Å². The molecule has 1 N–H and O–H groups in total. The summed E-state index contributed by atoms with van der Waals surface area (Å²) < 4.78 is 36.5. The molecule has 1 atom stereocenters. The van der Waals surface area contributed by atoms with E-state index in [1.54, 1.807) is 25.9 Å². The molecule has 1 heterocycles. The van der Waals surface area contributed by atoms with Gasteiger partial charge in [0, 0.05) is 25.4 Å². The third kappa shape index (κ3) is 3.08. The van der Waals surface area contributed by atoms with Gasteiger partial charge in [-0.1, -0.05) is 0 Å².